The fraction of sp³-hybridized carbons (Fsp3) is 0.429. The predicted octanol–water partition coefficient (Wildman–Crippen LogP) is 1.76. The molecule has 1 heterocycles. The van der Waals surface area contributed by atoms with Crippen molar-refractivity contribution in [3.63, 3.8) is 0 Å². The first-order valence-corrected chi connectivity index (χ1v) is 6.81. The lowest BCUT2D eigenvalue weighted by Crippen LogP contribution is -2.45. The first-order chi connectivity index (χ1) is 9.31. The molecule has 3 N–H and O–H groups in total. The number of halogens is 1. The Morgan fingerprint density at radius 3 is 2.65 bits per heavy atom. The third kappa shape index (κ3) is 2.17. The van der Waals surface area contributed by atoms with Gasteiger partial charge in [0.15, 0.2) is 0 Å². The van der Waals surface area contributed by atoms with E-state index in [1.165, 1.54) is 4.90 Å². The molecule has 1 aromatic rings. The van der Waals surface area contributed by atoms with Crippen molar-refractivity contribution < 1.29 is 9.59 Å². The summed E-state index contributed by atoms with van der Waals surface area (Å²) in [4.78, 5) is 25.8. The largest absolute Gasteiger partial charge is 0.328 e. The summed E-state index contributed by atoms with van der Waals surface area (Å²) >= 11 is 6.00. The molecular formula is C14H18ClN3O2. The number of imide groups is 1. The van der Waals surface area contributed by atoms with Gasteiger partial charge in [-0.15, -0.1) is 0 Å². The Hall–Kier alpha value is -1.59. The Bertz CT molecular complexity index is 576. The molecule has 6 heteroatoms. The lowest BCUT2D eigenvalue weighted by atomic mass is 9.90. The first-order valence-electron chi connectivity index (χ1n) is 6.43. The van der Waals surface area contributed by atoms with Gasteiger partial charge in [0.1, 0.15) is 5.54 Å². The molecule has 0 radical (unpaired) electrons. The summed E-state index contributed by atoms with van der Waals surface area (Å²) in [5.74, 6) is -0.290. The lowest BCUT2D eigenvalue weighted by molar-refractivity contribution is -0.132. The molecule has 1 aliphatic rings. The number of carbonyl (C=O) groups excluding carboxylic acids is 2. The monoisotopic (exact) mass is 295 g/mol. The maximum absolute atomic E-state index is 12.6. The molecule has 0 aromatic heterocycles. The van der Waals surface area contributed by atoms with Crippen LogP contribution in [0.2, 0.25) is 5.02 Å². The van der Waals surface area contributed by atoms with Gasteiger partial charge in [-0.2, -0.15) is 0 Å². The number of nitrogens with one attached hydrogen (secondary N) is 1. The zero-order valence-corrected chi connectivity index (χ0v) is 12.5. The Morgan fingerprint density at radius 1 is 1.45 bits per heavy atom. The summed E-state index contributed by atoms with van der Waals surface area (Å²) in [6, 6.07) is 4.55. The second-order valence-electron chi connectivity index (χ2n) is 5.28. The molecule has 5 nitrogen and oxygen atoms in total. The van der Waals surface area contributed by atoms with E-state index in [4.69, 9.17) is 17.3 Å². The van der Waals surface area contributed by atoms with Crippen LogP contribution in [0.1, 0.15) is 25.0 Å². The molecule has 0 spiro atoms. The van der Waals surface area contributed by atoms with Crippen molar-refractivity contribution in [1.82, 2.24) is 10.2 Å². The minimum atomic E-state index is -1.07. The summed E-state index contributed by atoms with van der Waals surface area (Å²) in [7, 11) is 0. The van der Waals surface area contributed by atoms with E-state index in [0.717, 1.165) is 5.56 Å². The van der Waals surface area contributed by atoms with Gasteiger partial charge in [0, 0.05) is 11.6 Å². The summed E-state index contributed by atoms with van der Waals surface area (Å²) in [5.41, 5.74) is 6.05. The van der Waals surface area contributed by atoms with E-state index in [9.17, 15) is 9.59 Å². The molecule has 2 unspecified atom stereocenters. The molecule has 1 aromatic carbocycles. The van der Waals surface area contributed by atoms with Crippen LogP contribution in [0.5, 0.6) is 0 Å². The number of benzene rings is 1. The van der Waals surface area contributed by atoms with E-state index in [2.05, 4.69) is 5.32 Å². The minimum Gasteiger partial charge on any atom is -0.328 e. The summed E-state index contributed by atoms with van der Waals surface area (Å²) in [6.45, 7) is 5.53. The first kappa shape index (κ1) is 14.8. The maximum atomic E-state index is 12.6. The molecule has 20 heavy (non-hydrogen) atoms. The fourth-order valence-electron chi connectivity index (χ4n) is 2.32. The van der Waals surface area contributed by atoms with Gasteiger partial charge in [0.25, 0.3) is 5.91 Å². The number of aryl methyl sites for hydroxylation is 1. The molecule has 1 saturated heterocycles. The zero-order chi connectivity index (χ0) is 15.1. The van der Waals surface area contributed by atoms with Gasteiger partial charge in [-0.3, -0.25) is 9.69 Å². The van der Waals surface area contributed by atoms with Crippen LogP contribution < -0.4 is 11.1 Å². The van der Waals surface area contributed by atoms with Crippen molar-refractivity contribution in [1.29, 1.82) is 0 Å². The number of hydrogen-bond donors (Lipinski definition) is 2. The standard InChI is InChI=1S/C14H18ClN3O2/c1-8-6-10(4-5-11(8)15)14(3)12(19)18(9(2)7-16)13(20)17-14/h4-6,9H,7,16H2,1-3H3,(H,17,20). The maximum Gasteiger partial charge on any atom is 0.325 e. The smallest absolute Gasteiger partial charge is 0.325 e. The van der Waals surface area contributed by atoms with E-state index in [1.807, 2.05) is 13.0 Å². The van der Waals surface area contributed by atoms with Gasteiger partial charge in [-0.25, -0.2) is 4.79 Å². The van der Waals surface area contributed by atoms with E-state index < -0.39 is 11.6 Å². The molecule has 3 amide bonds. The van der Waals surface area contributed by atoms with Crippen molar-refractivity contribution in [2.75, 3.05) is 6.54 Å². The Balaban J connectivity index is 2.43. The molecule has 0 aliphatic carbocycles. The average Bonchev–Trinajstić information content (AvgIpc) is 2.63. The van der Waals surface area contributed by atoms with Gasteiger partial charge < -0.3 is 11.1 Å². The third-order valence-corrected chi connectivity index (χ3v) is 4.16. The summed E-state index contributed by atoms with van der Waals surface area (Å²) < 4.78 is 0. The van der Waals surface area contributed by atoms with Gasteiger partial charge in [-0.05, 0) is 38.0 Å². The van der Waals surface area contributed by atoms with E-state index in [1.54, 1.807) is 26.0 Å². The van der Waals surface area contributed by atoms with Crippen molar-refractivity contribution in [2.24, 2.45) is 5.73 Å². The average molecular weight is 296 g/mol. The molecule has 0 saturated carbocycles. The van der Waals surface area contributed by atoms with E-state index >= 15 is 0 Å². The number of hydrogen-bond acceptors (Lipinski definition) is 3. The van der Waals surface area contributed by atoms with Gasteiger partial charge in [0.05, 0.1) is 6.04 Å². The number of rotatable bonds is 3. The highest BCUT2D eigenvalue weighted by Crippen LogP contribution is 2.31. The van der Waals surface area contributed by atoms with Crippen LogP contribution in [0, 0.1) is 6.92 Å². The summed E-state index contributed by atoms with van der Waals surface area (Å²) in [5, 5.41) is 3.37. The minimum absolute atomic E-state index is 0.231. The number of urea groups is 1. The van der Waals surface area contributed by atoms with Crippen molar-refractivity contribution >= 4 is 23.5 Å². The van der Waals surface area contributed by atoms with Crippen LogP contribution in [-0.4, -0.2) is 29.4 Å². The van der Waals surface area contributed by atoms with Gasteiger partial charge in [-0.1, -0.05) is 23.7 Å². The molecule has 1 aliphatic heterocycles. The molecular weight excluding hydrogens is 278 g/mol. The van der Waals surface area contributed by atoms with Crippen molar-refractivity contribution in [3.05, 3.63) is 34.3 Å². The van der Waals surface area contributed by atoms with Crippen molar-refractivity contribution in [3.8, 4) is 0 Å². The Labute approximate surface area is 123 Å². The molecule has 0 bridgehead atoms. The van der Waals surface area contributed by atoms with Crippen LogP contribution >= 0.6 is 11.6 Å². The van der Waals surface area contributed by atoms with Crippen LogP contribution in [0.4, 0.5) is 4.79 Å². The number of nitrogens with two attached hydrogens (primary N) is 1. The zero-order valence-electron chi connectivity index (χ0n) is 11.7. The number of nitrogens with zero attached hydrogens (tertiary/aromatic N) is 1. The van der Waals surface area contributed by atoms with Crippen LogP contribution in [-0.2, 0) is 10.3 Å². The van der Waals surface area contributed by atoms with Crippen LogP contribution in [0.25, 0.3) is 0 Å². The fourth-order valence-corrected chi connectivity index (χ4v) is 2.44. The van der Waals surface area contributed by atoms with Gasteiger partial charge >= 0.3 is 6.03 Å². The number of carbonyl (C=O) groups is 2. The molecule has 2 atom stereocenters. The molecule has 108 valence electrons. The highest BCUT2D eigenvalue weighted by molar-refractivity contribution is 6.31. The highest BCUT2D eigenvalue weighted by Gasteiger charge is 2.50. The SMILES string of the molecule is Cc1cc(C2(C)NC(=O)N(C(C)CN)C2=O)ccc1Cl. The van der Waals surface area contributed by atoms with Crippen LogP contribution in [0.3, 0.4) is 0 Å². The van der Waals surface area contributed by atoms with E-state index in [-0.39, 0.29) is 18.5 Å². The van der Waals surface area contributed by atoms with Crippen molar-refractivity contribution in [2.45, 2.75) is 32.4 Å². The lowest BCUT2D eigenvalue weighted by Gasteiger charge is -2.24. The number of amides is 3. The predicted molar refractivity (Wildman–Crippen MR) is 77.4 cm³/mol. The van der Waals surface area contributed by atoms with Gasteiger partial charge in [0.2, 0.25) is 0 Å². The molecule has 2 rings (SSSR count). The van der Waals surface area contributed by atoms with E-state index in [0.29, 0.717) is 10.6 Å². The highest BCUT2D eigenvalue weighted by atomic mass is 35.5. The molecule has 1 fully saturated rings. The summed E-state index contributed by atoms with van der Waals surface area (Å²) in [6.07, 6.45) is 0. The third-order valence-electron chi connectivity index (χ3n) is 3.74. The van der Waals surface area contributed by atoms with Crippen LogP contribution in [0.15, 0.2) is 18.2 Å². The topological polar surface area (TPSA) is 75.4 Å². The Kier molecular flexibility index (Phi) is 3.75. The normalized spacial score (nSPS) is 23.9. The quantitative estimate of drug-likeness (QED) is 0.834. The second-order valence-corrected chi connectivity index (χ2v) is 5.69. The second kappa shape index (κ2) is 5.07. The Morgan fingerprint density at radius 2 is 2.10 bits per heavy atom.